The van der Waals surface area contributed by atoms with E-state index in [4.69, 9.17) is 0 Å². The van der Waals surface area contributed by atoms with E-state index in [2.05, 4.69) is 32.4 Å². The maximum absolute atomic E-state index is 9.82. The number of halogens is 1. The quantitative estimate of drug-likeness (QED) is 0.903. The van der Waals surface area contributed by atoms with Gasteiger partial charge in [-0.05, 0) is 41.9 Å². The molecule has 0 aliphatic heterocycles. The molecule has 1 aromatic heterocycles. The average Bonchev–Trinajstić information content (AvgIpc) is 2.75. The molecule has 5 heteroatoms. The SMILES string of the molecule is CCNC(C#N)(Cn1nc(C)c(Br)c1C)c1ccccc1. The Bertz CT molecular complexity index is 657. The number of aryl methyl sites for hydroxylation is 1. The number of benzene rings is 1. The first-order chi connectivity index (χ1) is 10.0. The van der Waals surface area contributed by atoms with E-state index in [1.54, 1.807) is 0 Å². The average molecular weight is 347 g/mol. The van der Waals surface area contributed by atoms with Crippen molar-refractivity contribution in [2.75, 3.05) is 6.54 Å². The number of nitrogens with one attached hydrogen (secondary N) is 1. The van der Waals surface area contributed by atoms with E-state index in [-0.39, 0.29) is 0 Å². The van der Waals surface area contributed by atoms with Crippen molar-refractivity contribution >= 4 is 15.9 Å². The largest absolute Gasteiger partial charge is 0.294 e. The Morgan fingerprint density at radius 3 is 2.48 bits per heavy atom. The number of likely N-dealkylation sites (N-methyl/N-ethyl adjacent to an activating group) is 1. The normalized spacial score (nSPS) is 13.7. The van der Waals surface area contributed by atoms with Gasteiger partial charge in [-0.3, -0.25) is 10.00 Å². The minimum atomic E-state index is -0.779. The summed E-state index contributed by atoms with van der Waals surface area (Å²) in [6, 6.07) is 12.3. The summed E-state index contributed by atoms with van der Waals surface area (Å²) in [7, 11) is 0. The molecule has 1 atom stereocenters. The molecule has 0 amide bonds. The molecule has 2 aromatic rings. The van der Waals surface area contributed by atoms with Crippen LogP contribution >= 0.6 is 15.9 Å². The highest BCUT2D eigenvalue weighted by Gasteiger charge is 2.33. The summed E-state index contributed by atoms with van der Waals surface area (Å²) in [5.74, 6) is 0. The molecule has 0 saturated heterocycles. The fourth-order valence-electron chi connectivity index (χ4n) is 2.47. The topological polar surface area (TPSA) is 53.6 Å². The van der Waals surface area contributed by atoms with Crippen molar-refractivity contribution in [1.82, 2.24) is 15.1 Å². The first kappa shape index (κ1) is 15.7. The monoisotopic (exact) mass is 346 g/mol. The first-order valence-corrected chi connectivity index (χ1v) is 7.74. The van der Waals surface area contributed by atoms with E-state index in [1.165, 1.54) is 0 Å². The van der Waals surface area contributed by atoms with E-state index in [1.807, 2.05) is 55.8 Å². The molecule has 110 valence electrons. The molecule has 0 fully saturated rings. The predicted molar refractivity (Wildman–Crippen MR) is 86.8 cm³/mol. The first-order valence-electron chi connectivity index (χ1n) is 6.95. The number of nitrogens with zero attached hydrogens (tertiary/aromatic N) is 3. The van der Waals surface area contributed by atoms with Crippen molar-refractivity contribution in [3.05, 3.63) is 51.8 Å². The second kappa shape index (κ2) is 6.42. The van der Waals surface area contributed by atoms with Crippen LogP contribution in [-0.4, -0.2) is 16.3 Å². The van der Waals surface area contributed by atoms with Gasteiger partial charge < -0.3 is 0 Å². The van der Waals surface area contributed by atoms with Gasteiger partial charge in [-0.1, -0.05) is 37.3 Å². The molecule has 0 aliphatic rings. The second-order valence-corrected chi connectivity index (χ2v) is 5.85. The van der Waals surface area contributed by atoms with Gasteiger partial charge in [0.15, 0.2) is 5.54 Å². The summed E-state index contributed by atoms with van der Waals surface area (Å²) in [5.41, 5.74) is 2.14. The zero-order valence-electron chi connectivity index (χ0n) is 12.5. The van der Waals surface area contributed by atoms with Gasteiger partial charge in [-0.15, -0.1) is 0 Å². The minimum absolute atomic E-state index is 0.472. The highest BCUT2D eigenvalue weighted by atomic mass is 79.9. The van der Waals surface area contributed by atoms with Crippen LogP contribution in [0, 0.1) is 25.2 Å². The van der Waals surface area contributed by atoms with Crippen molar-refractivity contribution in [2.45, 2.75) is 32.9 Å². The molecule has 21 heavy (non-hydrogen) atoms. The molecule has 1 heterocycles. The Kier molecular flexibility index (Phi) is 4.81. The molecule has 1 N–H and O–H groups in total. The third-order valence-electron chi connectivity index (χ3n) is 3.62. The van der Waals surface area contributed by atoms with Gasteiger partial charge in [0.1, 0.15) is 0 Å². The molecule has 1 aromatic carbocycles. The molecular formula is C16H19BrN4. The standard InChI is InChI=1S/C16H19BrN4/c1-4-19-16(10-18,14-8-6-5-7-9-14)11-21-13(3)15(17)12(2)20-21/h5-9,19H,4,11H2,1-3H3. The van der Waals surface area contributed by atoms with Gasteiger partial charge in [0, 0.05) is 5.69 Å². The van der Waals surface area contributed by atoms with Crippen molar-refractivity contribution in [2.24, 2.45) is 0 Å². The fraction of sp³-hybridized carbons (Fsp3) is 0.375. The zero-order chi connectivity index (χ0) is 15.5. The summed E-state index contributed by atoms with van der Waals surface area (Å²) in [5, 5.41) is 17.7. The summed E-state index contributed by atoms with van der Waals surface area (Å²) in [6.45, 7) is 7.15. The molecule has 0 aliphatic carbocycles. The maximum Gasteiger partial charge on any atom is 0.152 e. The third-order valence-corrected chi connectivity index (χ3v) is 4.76. The van der Waals surface area contributed by atoms with Crippen molar-refractivity contribution in [3.8, 4) is 6.07 Å². The van der Waals surface area contributed by atoms with E-state index in [0.29, 0.717) is 13.1 Å². The maximum atomic E-state index is 9.82. The Balaban J connectivity index is 2.46. The number of hydrogen-bond donors (Lipinski definition) is 1. The van der Waals surface area contributed by atoms with Gasteiger partial charge >= 0.3 is 0 Å². The Morgan fingerprint density at radius 2 is 2.00 bits per heavy atom. The molecule has 1 unspecified atom stereocenters. The van der Waals surface area contributed by atoms with Crippen LogP contribution in [0.25, 0.3) is 0 Å². The van der Waals surface area contributed by atoms with Crippen molar-refractivity contribution < 1.29 is 0 Å². The van der Waals surface area contributed by atoms with E-state index in [9.17, 15) is 5.26 Å². The summed E-state index contributed by atoms with van der Waals surface area (Å²) in [4.78, 5) is 0. The van der Waals surface area contributed by atoms with Crippen LogP contribution in [0.15, 0.2) is 34.8 Å². The zero-order valence-corrected chi connectivity index (χ0v) is 14.1. The minimum Gasteiger partial charge on any atom is -0.294 e. The lowest BCUT2D eigenvalue weighted by atomic mass is 9.91. The number of hydrogen-bond acceptors (Lipinski definition) is 3. The van der Waals surface area contributed by atoms with Crippen LogP contribution in [0.5, 0.6) is 0 Å². The van der Waals surface area contributed by atoms with Crippen LogP contribution < -0.4 is 5.32 Å². The molecule has 0 bridgehead atoms. The summed E-state index contributed by atoms with van der Waals surface area (Å²) in [6.07, 6.45) is 0. The van der Waals surface area contributed by atoms with Crippen LogP contribution in [0.4, 0.5) is 0 Å². The van der Waals surface area contributed by atoms with Gasteiger partial charge in [0.05, 0.1) is 22.8 Å². The molecule has 2 rings (SSSR count). The van der Waals surface area contributed by atoms with E-state index < -0.39 is 5.54 Å². The number of aromatic nitrogens is 2. The molecule has 4 nitrogen and oxygen atoms in total. The molecular weight excluding hydrogens is 328 g/mol. The van der Waals surface area contributed by atoms with Crippen LogP contribution in [0.2, 0.25) is 0 Å². The molecule has 0 spiro atoms. The lowest BCUT2D eigenvalue weighted by Crippen LogP contribution is -2.45. The van der Waals surface area contributed by atoms with E-state index in [0.717, 1.165) is 21.4 Å². The predicted octanol–water partition coefficient (Wildman–Crippen LogP) is 3.29. The Morgan fingerprint density at radius 1 is 1.33 bits per heavy atom. The second-order valence-electron chi connectivity index (χ2n) is 5.06. The van der Waals surface area contributed by atoms with Crippen LogP contribution in [0.3, 0.4) is 0 Å². The lowest BCUT2D eigenvalue weighted by molar-refractivity contribution is 0.354. The van der Waals surface area contributed by atoms with E-state index >= 15 is 0 Å². The Labute approximate surface area is 133 Å². The number of rotatable bonds is 5. The van der Waals surface area contributed by atoms with Crippen LogP contribution in [0.1, 0.15) is 23.9 Å². The highest BCUT2D eigenvalue weighted by Crippen LogP contribution is 2.26. The third kappa shape index (κ3) is 3.02. The van der Waals surface area contributed by atoms with Gasteiger partial charge in [0.2, 0.25) is 0 Å². The molecule has 0 radical (unpaired) electrons. The van der Waals surface area contributed by atoms with Crippen molar-refractivity contribution in [1.29, 1.82) is 5.26 Å². The van der Waals surface area contributed by atoms with Gasteiger partial charge in [0.25, 0.3) is 0 Å². The lowest BCUT2D eigenvalue weighted by Gasteiger charge is -2.28. The van der Waals surface area contributed by atoms with Gasteiger partial charge in [-0.2, -0.15) is 10.4 Å². The summed E-state index contributed by atoms with van der Waals surface area (Å²) < 4.78 is 2.89. The van der Waals surface area contributed by atoms with Gasteiger partial charge in [-0.25, -0.2) is 0 Å². The Hall–Kier alpha value is -1.64. The fourth-order valence-corrected chi connectivity index (χ4v) is 2.75. The smallest absolute Gasteiger partial charge is 0.152 e. The van der Waals surface area contributed by atoms with Crippen molar-refractivity contribution in [3.63, 3.8) is 0 Å². The van der Waals surface area contributed by atoms with Crippen LogP contribution in [-0.2, 0) is 12.1 Å². The summed E-state index contributed by atoms with van der Waals surface area (Å²) >= 11 is 3.54. The number of nitriles is 1. The molecule has 0 saturated carbocycles. The highest BCUT2D eigenvalue weighted by molar-refractivity contribution is 9.10.